The van der Waals surface area contributed by atoms with Crippen LogP contribution in [0.15, 0.2) is 23.1 Å². The maximum absolute atomic E-state index is 11.9. The van der Waals surface area contributed by atoms with Gasteiger partial charge in [-0.2, -0.15) is 0 Å². The fourth-order valence-corrected chi connectivity index (χ4v) is 2.70. The summed E-state index contributed by atoms with van der Waals surface area (Å²) in [5, 5.41) is 12.4. The Morgan fingerprint density at radius 1 is 1.09 bits per heavy atom. The average molecular weight is 321 g/mol. The van der Waals surface area contributed by atoms with Crippen LogP contribution in [0.2, 0.25) is 0 Å². The fraction of sp³-hybridized carbons (Fsp3) is 0.684. The van der Waals surface area contributed by atoms with Crippen LogP contribution in [0.4, 0.5) is 0 Å². The number of unbranched alkanes of at least 4 members (excludes halogenated alkanes) is 6. The zero-order valence-electron chi connectivity index (χ0n) is 14.6. The number of aliphatic hydroxyl groups is 1. The number of aliphatic hydroxyl groups excluding tert-OH is 1. The number of carbonyl (C=O) groups excluding carboxylic acids is 2. The molecule has 1 aliphatic rings. The molecule has 0 unspecified atom stereocenters. The molecule has 1 aliphatic carbocycles. The van der Waals surface area contributed by atoms with Gasteiger partial charge in [0.25, 0.3) is 0 Å². The predicted octanol–water partition coefficient (Wildman–Crippen LogP) is 4.71. The zero-order valence-corrected chi connectivity index (χ0v) is 14.6. The molecule has 0 bridgehead atoms. The Balaban J connectivity index is 2.18. The molecule has 0 aromatic carbocycles. The second-order valence-corrected chi connectivity index (χ2v) is 6.49. The summed E-state index contributed by atoms with van der Waals surface area (Å²) in [4.78, 5) is 23.7. The van der Waals surface area contributed by atoms with E-state index in [1.54, 1.807) is 6.08 Å². The monoisotopic (exact) mass is 321 g/mol. The third kappa shape index (κ3) is 8.58. The molecule has 1 rings (SSSR count). The van der Waals surface area contributed by atoms with E-state index in [1.165, 1.54) is 32.1 Å². The van der Waals surface area contributed by atoms with Crippen molar-refractivity contribution >= 4 is 11.7 Å². The summed E-state index contributed by atoms with van der Waals surface area (Å²) in [6.07, 6.45) is 11.6. The van der Waals surface area contributed by atoms with Crippen LogP contribution in [0.3, 0.4) is 0 Å². The van der Waals surface area contributed by atoms with Crippen LogP contribution >= 0.6 is 0 Å². The lowest BCUT2D eigenvalue weighted by Crippen LogP contribution is -2.26. The van der Waals surface area contributed by atoms with E-state index in [0.29, 0.717) is 18.5 Å². The third-order valence-corrected chi connectivity index (χ3v) is 4.15. The number of carbonyl (C=O) groups is 2. The number of hydrogen-bond donors (Lipinski definition) is 2. The summed E-state index contributed by atoms with van der Waals surface area (Å²) in [7, 11) is 0. The van der Waals surface area contributed by atoms with E-state index in [1.807, 2.05) is 6.92 Å². The first-order valence-corrected chi connectivity index (χ1v) is 8.93. The second kappa shape index (κ2) is 11.0. The van der Waals surface area contributed by atoms with E-state index < -0.39 is 0 Å². The van der Waals surface area contributed by atoms with E-state index in [0.717, 1.165) is 24.8 Å². The Kier molecular flexibility index (Phi) is 9.34. The summed E-state index contributed by atoms with van der Waals surface area (Å²) in [5.74, 6) is -0.151. The number of hydrogen-bond acceptors (Lipinski definition) is 3. The van der Waals surface area contributed by atoms with Crippen molar-refractivity contribution in [3.63, 3.8) is 0 Å². The summed E-state index contributed by atoms with van der Waals surface area (Å²) >= 11 is 0. The number of amides is 1. The Morgan fingerprint density at radius 3 is 2.43 bits per heavy atom. The van der Waals surface area contributed by atoms with Gasteiger partial charge in [-0.1, -0.05) is 51.0 Å². The maximum atomic E-state index is 11.9. The number of rotatable bonds is 11. The van der Waals surface area contributed by atoms with Crippen LogP contribution in [0.25, 0.3) is 0 Å². The molecule has 0 spiro atoms. The van der Waals surface area contributed by atoms with E-state index in [4.69, 9.17) is 0 Å². The number of ketones is 1. The highest BCUT2D eigenvalue weighted by Gasteiger charge is 2.15. The van der Waals surface area contributed by atoms with Crippen molar-refractivity contribution in [2.24, 2.45) is 0 Å². The van der Waals surface area contributed by atoms with Gasteiger partial charge in [0.15, 0.2) is 0 Å². The molecular weight excluding hydrogens is 290 g/mol. The van der Waals surface area contributed by atoms with Gasteiger partial charge in [0, 0.05) is 12.8 Å². The first kappa shape index (κ1) is 19.5. The summed E-state index contributed by atoms with van der Waals surface area (Å²) in [6, 6.07) is 0. The molecule has 130 valence electrons. The number of nitrogens with one attached hydrogen (secondary N) is 1. The van der Waals surface area contributed by atoms with Gasteiger partial charge in [-0.05, 0) is 25.8 Å². The number of Topliss-reactive ketones (excluding diaryl/α,β-unsaturated/α-hetero) is 1. The Hall–Kier alpha value is -1.58. The van der Waals surface area contributed by atoms with Gasteiger partial charge in [-0.25, -0.2) is 0 Å². The largest absolute Gasteiger partial charge is 0.510 e. The maximum Gasteiger partial charge on any atom is 0.231 e. The first-order valence-electron chi connectivity index (χ1n) is 8.93. The van der Waals surface area contributed by atoms with Crippen molar-refractivity contribution in [1.82, 2.24) is 5.32 Å². The molecule has 0 fully saturated rings. The second-order valence-electron chi connectivity index (χ2n) is 6.49. The summed E-state index contributed by atoms with van der Waals surface area (Å²) < 4.78 is 0. The van der Waals surface area contributed by atoms with Gasteiger partial charge in [-0.15, -0.1) is 0 Å². The van der Waals surface area contributed by atoms with E-state index in [2.05, 4.69) is 12.2 Å². The van der Waals surface area contributed by atoms with Gasteiger partial charge >= 0.3 is 0 Å². The minimum atomic E-state index is -0.328. The highest BCUT2D eigenvalue weighted by atomic mass is 16.3. The lowest BCUT2D eigenvalue weighted by Gasteiger charge is -2.15. The van der Waals surface area contributed by atoms with Crippen molar-refractivity contribution in [1.29, 1.82) is 0 Å². The van der Waals surface area contributed by atoms with Crippen molar-refractivity contribution < 1.29 is 14.7 Å². The molecule has 0 saturated carbocycles. The minimum Gasteiger partial charge on any atom is -0.510 e. The fourth-order valence-electron chi connectivity index (χ4n) is 2.70. The zero-order chi connectivity index (χ0) is 17.1. The first-order chi connectivity index (χ1) is 11.0. The normalized spacial score (nSPS) is 14.6. The average Bonchev–Trinajstić information content (AvgIpc) is 2.50. The van der Waals surface area contributed by atoms with Crippen molar-refractivity contribution in [2.75, 3.05) is 0 Å². The van der Waals surface area contributed by atoms with Crippen LogP contribution in [0.5, 0.6) is 0 Å². The van der Waals surface area contributed by atoms with Crippen molar-refractivity contribution in [3.05, 3.63) is 23.1 Å². The van der Waals surface area contributed by atoms with Crippen LogP contribution in [-0.2, 0) is 9.59 Å². The SMILES string of the molecule is CCCCCCCCCC(=O)CC(=O)NC1=C(O)CCC(C)=C1. The van der Waals surface area contributed by atoms with E-state index in [9.17, 15) is 14.7 Å². The predicted molar refractivity (Wildman–Crippen MR) is 93.0 cm³/mol. The van der Waals surface area contributed by atoms with Gasteiger partial charge in [-0.3, -0.25) is 9.59 Å². The molecule has 0 saturated heterocycles. The molecule has 0 aromatic heterocycles. The van der Waals surface area contributed by atoms with Crippen LogP contribution in [-0.4, -0.2) is 16.8 Å². The molecule has 0 atom stereocenters. The molecule has 0 radical (unpaired) electrons. The smallest absolute Gasteiger partial charge is 0.231 e. The van der Waals surface area contributed by atoms with Crippen LogP contribution in [0, 0.1) is 0 Å². The van der Waals surface area contributed by atoms with Gasteiger partial charge in [0.05, 0.1) is 12.1 Å². The molecule has 4 heteroatoms. The van der Waals surface area contributed by atoms with Gasteiger partial charge < -0.3 is 10.4 Å². The minimum absolute atomic E-state index is 0.0207. The van der Waals surface area contributed by atoms with Gasteiger partial charge in [0.1, 0.15) is 11.5 Å². The third-order valence-electron chi connectivity index (χ3n) is 4.15. The molecule has 4 nitrogen and oxygen atoms in total. The topological polar surface area (TPSA) is 66.4 Å². The Morgan fingerprint density at radius 2 is 1.74 bits per heavy atom. The van der Waals surface area contributed by atoms with E-state index >= 15 is 0 Å². The Labute approximate surface area is 140 Å². The Bertz CT molecular complexity index is 463. The quantitative estimate of drug-likeness (QED) is 0.428. The van der Waals surface area contributed by atoms with Crippen molar-refractivity contribution in [2.45, 2.75) is 84.5 Å². The summed E-state index contributed by atoms with van der Waals surface area (Å²) in [5.41, 5.74) is 1.56. The molecule has 2 N–H and O–H groups in total. The molecule has 23 heavy (non-hydrogen) atoms. The molecule has 0 heterocycles. The molecular formula is C19H31NO3. The van der Waals surface area contributed by atoms with Crippen LogP contribution < -0.4 is 5.32 Å². The molecule has 1 amide bonds. The highest BCUT2D eigenvalue weighted by Crippen LogP contribution is 2.20. The molecule has 0 aromatic rings. The lowest BCUT2D eigenvalue weighted by molar-refractivity contribution is -0.127. The number of allylic oxidation sites excluding steroid dienone is 3. The van der Waals surface area contributed by atoms with Crippen LogP contribution in [0.1, 0.15) is 84.5 Å². The standard InChI is InChI=1S/C19H31NO3/c1-3-4-5-6-7-8-9-10-16(21)14-19(23)20-17-13-15(2)11-12-18(17)22/h13,22H,3-12,14H2,1-2H3,(H,20,23). The highest BCUT2D eigenvalue weighted by molar-refractivity contribution is 5.98. The van der Waals surface area contributed by atoms with Crippen molar-refractivity contribution in [3.8, 4) is 0 Å². The van der Waals surface area contributed by atoms with E-state index in [-0.39, 0.29) is 23.9 Å². The summed E-state index contributed by atoms with van der Waals surface area (Å²) in [6.45, 7) is 4.16. The lowest BCUT2D eigenvalue weighted by atomic mass is 10.0. The molecule has 0 aliphatic heterocycles. The van der Waals surface area contributed by atoms with Gasteiger partial charge in [0.2, 0.25) is 5.91 Å².